The fourth-order valence-electron chi connectivity index (χ4n) is 1.21. The minimum absolute atomic E-state index is 0.223. The van der Waals surface area contributed by atoms with E-state index < -0.39 is 0 Å². The molecule has 2 aromatic heterocycles. The Balaban J connectivity index is 2.38. The van der Waals surface area contributed by atoms with Crippen molar-refractivity contribution in [1.82, 2.24) is 15.0 Å². The van der Waals surface area contributed by atoms with Crippen LogP contribution >= 0.6 is 15.9 Å². The molecule has 0 atom stereocenters. The fraction of sp³-hybridized carbons (Fsp3) is 0.100. The molecule has 0 radical (unpaired) electrons. The summed E-state index contributed by atoms with van der Waals surface area (Å²) in [5.41, 5.74) is 1.44. The molecule has 0 aliphatic heterocycles. The number of nitrogens with one attached hydrogen (secondary N) is 2. The average molecular weight is 281 g/mol. The van der Waals surface area contributed by atoms with Crippen LogP contribution in [0.5, 0.6) is 0 Å². The minimum Gasteiger partial charge on any atom is -0.338 e. The number of pyridine rings is 1. The number of aromatic amines is 1. The zero-order chi connectivity index (χ0) is 11.5. The summed E-state index contributed by atoms with van der Waals surface area (Å²) in [5, 5.41) is 3.04. The number of hydrogen-bond donors (Lipinski definition) is 2. The highest BCUT2D eigenvalue weighted by molar-refractivity contribution is 9.10. The van der Waals surface area contributed by atoms with Crippen molar-refractivity contribution in [2.75, 3.05) is 5.32 Å². The van der Waals surface area contributed by atoms with Crippen molar-refractivity contribution in [2.24, 2.45) is 0 Å². The van der Waals surface area contributed by atoms with E-state index in [1.807, 2.05) is 19.1 Å². The molecule has 5 nitrogen and oxygen atoms in total. The van der Waals surface area contributed by atoms with E-state index in [-0.39, 0.29) is 5.56 Å². The van der Waals surface area contributed by atoms with Gasteiger partial charge >= 0.3 is 0 Å². The van der Waals surface area contributed by atoms with Gasteiger partial charge in [-0.05, 0) is 35.0 Å². The Morgan fingerprint density at radius 3 is 3.00 bits per heavy atom. The first kappa shape index (κ1) is 10.8. The number of hydrogen-bond acceptors (Lipinski definition) is 4. The number of halogens is 1. The number of nitrogens with zero attached hydrogens (tertiary/aromatic N) is 2. The standard InChI is InChI=1S/C10H9BrN4O/c1-6-7(3-2-4-12-6)15-9-8(11)10(16)14-5-13-9/h2-5H,1H3,(H2,13,14,15,16). The molecule has 0 amide bonds. The van der Waals surface area contributed by atoms with Gasteiger partial charge in [0.25, 0.3) is 5.56 Å². The van der Waals surface area contributed by atoms with Crippen LogP contribution in [0.25, 0.3) is 0 Å². The Bertz CT molecular complexity index is 567. The van der Waals surface area contributed by atoms with Crippen molar-refractivity contribution in [1.29, 1.82) is 0 Å². The lowest BCUT2D eigenvalue weighted by atomic mass is 10.3. The molecule has 16 heavy (non-hydrogen) atoms. The quantitative estimate of drug-likeness (QED) is 0.883. The first-order valence-corrected chi connectivity index (χ1v) is 5.39. The smallest absolute Gasteiger partial charge is 0.267 e. The van der Waals surface area contributed by atoms with Gasteiger partial charge in [0.05, 0.1) is 17.7 Å². The van der Waals surface area contributed by atoms with E-state index in [0.717, 1.165) is 11.4 Å². The molecule has 0 saturated carbocycles. The molecule has 2 aromatic rings. The topological polar surface area (TPSA) is 70.7 Å². The van der Waals surface area contributed by atoms with Crippen molar-refractivity contribution in [3.05, 3.63) is 45.2 Å². The molecule has 0 bridgehead atoms. The van der Waals surface area contributed by atoms with Crippen molar-refractivity contribution < 1.29 is 0 Å². The van der Waals surface area contributed by atoms with Crippen LogP contribution in [0.1, 0.15) is 5.69 Å². The van der Waals surface area contributed by atoms with Crippen molar-refractivity contribution in [3.63, 3.8) is 0 Å². The normalized spacial score (nSPS) is 10.1. The molecule has 0 saturated heterocycles. The van der Waals surface area contributed by atoms with Crippen LogP contribution in [-0.4, -0.2) is 15.0 Å². The molecule has 0 aromatic carbocycles. The average Bonchev–Trinajstić information content (AvgIpc) is 2.28. The Hall–Kier alpha value is -1.69. The molecule has 6 heteroatoms. The molecular weight excluding hydrogens is 272 g/mol. The van der Waals surface area contributed by atoms with Gasteiger partial charge in [-0.3, -0.25) is 9.78 Å². The first-order valence-electron chi connectivity index (χ1n) is 4.60. The molecule has 0 spiro atoms. The maximum Gasteiger partial charge on any atom is 0.267 e. The third-order valence-electron chi connectivity index (χ3n) is 2.06. The maximum atomic E-state index is 11.3. The molecule has 2 rings (SSSR count). The minimum atomic E-state index is -0.223. The third kappa shape index (κ3) is 2.11. The number of anilines is 2. The first-order chi connectivity index (χ1) is 7.68. The van der Waals surface area contributed by atoms with Crippen LogP contribution in [0.2, 0.25) is 0 Å². The van der Waals surface area contributed by atoms with E-state index >= 15 is 0 Å². The fourth-order valence-corrected chi connectivity index (χ4v) is 1.53. The lowest BCUT2D eigenvalue weighted by Gasteiger charge is -2.08. The van der Waals surface area contributed by atoms with Gasteiger partial charge in [-0.15, -0.1) is 0 Å². The summed E-state index contributed by atoms with van der Waals surface area (Å²) >= 11 is 3.17. The molecule has 0 fully saturated rings. The van der Waals surface area contributed by atoms with Gasteiger partial charge in [-0.2, -0.15) is 0 Å². The van der Waals surface area contributed by atoms with Gasteiger partial charge in [0.15, 0.2) is 5.82 Å². The molecule has 2 N–H and O–H groups in total. The molecule has 2 heterocycles. The molecule has 0 unspecified atom stereocenters. The molecule has 0 aliphatic rings. The zero-order valence-corrected chi connectivity index (χ0v) is 10.1. The number of rotatable bonds is 2. The van der Waals surface area contributed by atoms with Gasteiger partial charge < -0.3 is 10.3 Å². The van der Waals surface area contributed by atoms with E-state index in [9.17, 15) is 4.79 Å². The van der Waals surface area contributed by atoms with Crippen LogP contribution in [0.3, 0.4) is 0 Å². The van der Waals surface area contributed by atoms with Gasteiger partial charge in [0.2, 0.25) is 0 Å². The second-order valence-corrected chi connectivity index (χ2v) is 3.95. The second-order valence-electron chi connectivity index (χ2n) is 3.16. The molecule has 0 aliphatic carbocycles. The van der Waals surface area contributed by atoms with E-state index in [1.54, 1.807) is 6.20 Å². The van der Waals surface area contributed by atoms with Gasteiger partial charge in [0.1, 0.15) is 4.47 Å². The lowest BCUT2D eigenvalue weighted by molar-refractivity contribution is 1.10. The number of aromatic nitrogens is 3. The van der Waals surface area contributed by atoms with Crippen LogP contribution in [0, 0.1) is 6.92 Å². The summed E-state index contributed by atoms with van der Waals surface area (Å²) in [6.45, 7) is 1.88. The molecule has 82 valence electrons. The highest BCUT2D eigenvalue weighted by atomic mass is 79.9. The summed E-state index contributed by atoms with van der Waals surface area (Å²) in [5.74, 6) is 0.472. The summed E-state index contributed by atoms with van der Waals surface area (Å²) < 4.78 is 0.373. The predicted molar refractivity (Wildman–Crippen MR) is 64.8 cm³/mol. The SMILES string of the molecule is Cc1ncccc1Nc1nc[nH]c(=O)c1Br. The predicted octanol–water partition coefficient (Wildman–Crippen LogP) is 1.98. The van der Waals surface area contributed by atoms with Crippen molar-refractivity contribution in [3.8, 4) is 0 Å². The lowest BCUT2D eigenvalue weighted by Crippen LogP contribution is -2.10. The van der Waals surface area contributed by atoms with Crippen LogP contribution in [0.4, 0.5) is 11.5 Å². The van der Waals surface area contributed by atoms with Crippen molar-refractivity contribution >= 4 is 27.4 Å². The van der Waals surface area contributed by atoms with Crippen LogP contribution in [0.15, 0.2) is 33.9 Å². The summed E-state index contributed by atoms with van der Waals surface area (Å²) in [6.07, 6.45) is 3.06. The van der Waals surface area contributed by atoms with E-state index in [4.69, 9.17) is 0 Å². The molecular formula is C10H9BrN4O. The highest BCUT2D eigenvalue weighted by Crippen LogP contribution is 2.20. The highest BCUT2D eigenvalue weighted by Gasteiger charge is 2.06. The van der Waals surface area contributed by atoms with Gasteiger partial charge in [-0.25, -0.2) is 4.98 Å². The summed E-state index contributed by atoms with van der Waals surface area (Å²) in [7, 11) is 0. The Morgan fingerprint density at radius 1 is 1.44 bits per heavy atom. The van der Waals surface area contributed by atoms with Gasteiger partial charge in [-0.1, -0.05) is 0 Å². The largest absolute Gasteiger partial charge is 0.338 e. The van der Waals surface area contributed by atoms with E-state index in [2.05, 4.69) is 36.2 Å². The van der Waals surface area contributed by atoms with E-state index in [1.165, 1.54) is 6.33 Å². The van der Waals surface area contributed by atoms with Gasteiger partial charge in [0, 0.05) is 6.20 Å². The summed E-state index contributed by atoms with van der Waals surface area (Å²) in [4.78, 5) is 22.0. The summed E-state index contributed by atoms with van der Waals surface area (Å²) in [6, 6.07) is 3.69. The van der Waals surface area contributed by atoms with Crippen LogP contribution < -0.4 is 10.9 Å². The Morgan fingerprint density at radius 2 is 2.25 bits per heavy atom. The number of aryl methyl sites for hydroxylation is 1. The Labute approximate surface area is 100 Å². The second kappa shape index (κ2) is 4.44. The zero-order valence-electron chi connectivity index (χ0n) is 8.49. The maximum absolute atomic E-state index is 11.3. The third-order valence-corrected chi connectivity index (χ3v) is 2.79. The van der Waals surface area contributed by atoms with Crippen LogP contribution in [-0.2, 0) is 0 Å². The number of H-pyrrole nitrogens is 1. The van der Waals surface area contributed by atoms with Crippen molar-refractivity contribution in [2.45, 2.75) is 6.92 Å². The van der Waals surface area contributed by atoms with E-state index in [0.29, 0.717) is 10.3 Å². The Kier molecular flexibility index (Phi) is 3.00. The monoisotopic (exact) mass is 280 g/mol.